The van der Waals surface area contributed by atoms with Gasteiger partial charge in [0.1, 0.15) is 0 Å². The van der Waals surface area contributed by atoms with E-state index in [4.69, 9.17) is 0 Å². The van der Waals surface area contributed by atoms with E-state index in [1.165, 1.54) is 56.1 Å². The molecule has 2 aliphatic rings. The number of rotatable bonds is 3. The summed E-state index contributed by atoms with van der Waals surface area (Å²) in [4.78, 5) is 4.16. The van der Waals surface area contributed by atoms with Gasteiger partial charge in [0, 0.05) is 25.0 Å². The molecule has 1 atom stereocenters. The number of hydrogen-bond donors (Lipinski definition) is 1. The number of aryl methyl sites for hydroxylation is 1. The second kappa shape index (κ2) is 5.00. The fraction of sp³-hybridized carbons (Fsp3) is 0.688. The molecular formula is C16H24N2. The number of hydrogen-bond acceptors (Lipinski definition) is 2. The van der Waals surface area contributed by atoms with Crippen molar-refractivity contribution in [2.24, 2.45) is 5.41 Å². The van der Waals surface area contributed by atoms with Gasteiger partial charge < -0.3 is 5.32 Å². The largest absolute Gasteiger partial charge is 0.309 e. The summed E-state index contributed by atoms with van der Waals surface area (Å²) in [5, 5.41) is 3.81. The van der Waals surface area contributed by atoms with Gasteiger partial charge in [-0.1, -0.05) is 19.3 Å². The van der Waals surface area contributed by atoms with E-state index in [2.05, 4.69) is 23.3 Å². The quantitative estimate of drug-likeness (QED) is 0.879. The van der Waals surface area contributed by atoms with Gasteiger partial charge in [0.15, 0.2) is 0 Å². The fourth-order valence-corrected chi connectivity index (χ4v) is 3.80. The highest BCUT2D eigenvalue weighted by Crippen LogP contribution is 2.51. The molecule has 1 unspecified atom stereocenters. The molecule has 2 heteroatoms. The van der Waals surface area contributed by atoms with Gasteiger partial charge in [0.2, 0.25) is 0 Å². The summed E-state index contributed by atoms with van der Waals surface area (Å²) in [5.74, 6) is 0. The molecule has 1 aromatic heterocycles. The van der Waals surface area contributed by atoms with E-state index in [1.807, 2.05) is 12.4 Å². The Bertz CT molecular complexity index is 407. The molecule has 0 amide bonds. The lowest BCUT2D eigenvalue weighted by atomic mass is 9.57. The van der Waals surface area contributed by atoms with Crippen LogP contribution in [0.15, 0.2) is 18.5 Å². The maximum atomic E-state index is 4.16. The van der Waals surface area contributed by atoms with Crippen molar-refractivity contribution in [2.75, 3.05) is 0 Å². The van der Waals surface area contributed by atoms with E-state index >= 15 is 0 Å². The summed E-state index contributed by atoms with van der Waals surface area (Å²) in [7, 11) is 0. The number of nitrogens with zero attached hydrogens (tertiary/aromatic N) is 1. The fourth-order valence-electron chi connectivity index (χ4n) is 3.80. The molecular weight excluding hydrogens is 220 g/mol. The summed E-state index contributed by atoms with van der Waals surface area (Å²) < 4.78 is 0. The number of pyridine rings is 1. The third kappa shape index (κ3) is 2.18. The van der Waals surface area contributed by atoms with Crippen molar-refractivity contribution in [3.05, 3.63) is 29.6 Å². The van der Waals surface area contributed by atoms with E-state index in [9.17, 15) is 0 Å². The van der Waals surface area contributed by atoms with E-state index < -0.39 is 0 Å². The molecule has 0 aromatic carbocycles. The summed E-state index contributed by atoms with van der Waals surface area (Å²) in [6.07, 6.45) is 14.0. The van der Waals surface area contributed by atoms with E-state index in [0.717, 1.165) is 12.6 Å². The topological polar surface area (TPSA) is 24.9 Å². The first-order valence-corrected chi connectivity index (χ1v) is 7.43. The first kappa shape index (κ1) is 12.2. The summed E-state index contributed by atoms with van der Waals surface area (Å²) in [5.41, 5.74) is 3.38. The molecule has 0 radical (unpaired) electrons. The van der Waals surface area contributed by atoms with Gasteiger partial charge in [0.05, 0.1) is 0 Å². The van der Waals surface area contributed by atoms with Crippen LogP contribution in [0.2, 0.25) is 0 Å². The molecule has 2 saturated carbocycles. The Hall–Kier alpha value is -0.890. The summed E-state index contributed by atoms with van der Waals surface area (Å²) in [6, 6.07) is 2.92. The zero-order valence-corrected chi connectivity index (χ0v) is 11.4. The van der Waals surface area contributed by atoms with Crippen molar-refractivity contribution in [1.82, 2.24) is 10.3 Å². The molecule has 1 spiro atoms. The normalized spacial score (nSPS) is 25.9. The van der Waals surface area contributed by atoms with Gasteiger partial charge in [-0.15, -0.1) is 0 Å². The first-order valence-electron chi connectivity index (χ1n) is 7.43. The predicted octanol–water partition coefficient (Wildman–Crippen LogP) is 3.59. The minimum absolute atomic E-state index is 0.666. The average Bonchev–Trinajstić information content (AvgIpc) is 2.41. The Kier molecular flexibility index (Phi) is 3.38. The lowest BCUT2D eigenvalue weighted by Crippen LogP contribution is -2.54. The van der Waals surface area contributed by atoms with Crippen LogP contribution in [0, 0.1) is 12.3 Å². The molecule has 1 heterocycles. The molecule has 2 nitrogen and oxygen atoms in total. The average molecular weight is 244 g/mol. The highest BCUT2D eigenvalue weighted by atomic mass is 15.0. The minimum atomic E-state index is 0.666. The Morgan fingerprint density at radius 1 is 1.28 bits per heavy atom. The third-order valence-electron chi connectivity index (χ3n) is 5.19. The Morgan fingerprint density at radius 3 is 2.78 bits per heavy atom. The highest BCUT2D eigenvalue weighted by Gasteiger charge is 2.46. The van der Waals surface area contributed by atoms with Crippen LogP contribution in [0.25, 0.3) is 0 Å². The zero-order chi connectivity index (χ0) is 12.4. The number of aromatic nitrogens is 1. The van der Waals surface area contributed by atoms with Crippen LogP contribution in [0.5, 0.6) is 0 Å². The van der Waals surface area contributed by atoms with E-state index in [-0.39, 0.29) is 0 Å². The summed E-state index contributed by atoms with van der Waals surface area (Å²) in [6.45, 7) is 3.17. The molecule has 0 bridgehead atoms. The molecule has 18 heavy (non-hydrogen) atoms. The van der Waals surface area contributed by atoms with Crippen molar-refractivity contribution in [3.63, 3.8) is 0 Å². The maximum Gasteiger partial charge on any atom is 0.0300 e. The van der Waals surface area contributed by atoms with Crippen LogP contribution in [-0.2, 0) is 6.54 Å². The number of nitrogens with one attached hydrogen (secondary N) is 1. The second-order valence-electron chi connectivity index (χ2n) is 6.20. The van der Waals surface area contributed by atoms with Crippen LogP contribution >= 0.6 is 0 Å². The van der Waals surface area contributed by atoms with Crippen LogP contribution in [0.3, 0.4) is 0 Å². The van der Waals surface area contributed by atoms with Crippen molar-refractivity contribution in [1.29, 1.82) is 0 Å². The standard InChI is InChI=1S/C16H24N2/c1-13-11-17-10-6-14(13)12-18-15-5-9-16(15)7-3-2-4-8-16/h6,10-11,15,18H,2-5,7-9,12H2,1H3. The molecule has 98 valence electrons. The van der Waals surface area contributed by atoms with Crippen LogP contribution in [0.1, 0.15) is 56.1 Å². The van der Waals surface area contributed by atoms with Gasteiger partial charge in [0.25, 0.3) is 0 Å². The van der Waals surface area contributed by atoms with Crippen LogP contribution in [-0.4, -0.2) is 11.0 Å². The predicted molar refractivity (Wildman–Crippen MR) is 74.4 cm³/mol. The Balaban J connectivity index is 1.59. The van der Waals surface area contributed by atoms with Crippen molar-refractivity contribution < 1.29 is 0 Å². The molecule has 0 saturated heterocycles. The third-order valence-corrected chi connectivity index (χ3v) is 5.19. The zero-order valence-electron chi connectivity index (χ0n) is 11.4. The second-order valence-corrected chi connectivity index (χ2v) is 6.20. The van der Waals surface area contributed by atoms with Crippen molar-refractivity contribution in [3.8, 4) is 0 Å². The molecule has 2 fully saturated rings. The summed E-state index contributed by atoms with van der Waals surface area (Å²) >= 11 is 0. The van der Waals surface area contributed by atoms with Crippen molar-refractivity contribution in [2.45, 2.75) is 64.5 Å². The molecule has 1 N–H and O–H groups in total. The molecule has 2 aliphatic carbocycles. The van der Waals surface area contributed by atoms with E-state index in [0.29, 0.717) is 5.41 Å². The molecule has 3 rings (SSSR count). The van der Waals surface area contributed by atoms with Gasteiger partial charge in [-0.2, -0.15) is 0 Å². The Labute approximate surface area is 110 Å². The van der Waals surface area contributed by atoms with Crippen molar-refractivity contribution >= 4 is 0 Å². The van der Waals surface area contributed by atoms with E-state index in [1.54, 1.807) is 0 Å². The lowest BCUT2D eigenvalue weighted by molar-refractivity contribution is 0.0221. The molecule has 0 aliphatic heterocycles. The van der Waals surface area contributed by atoms with Gasteiger partial charge in [-0.3, -0.25) is 4.98 Å². The lowest BCUT2D eigenvalue weighted by Gasteiger charge is -2.52. The van der Waals surface area contributed by atoms with Crippen LogP contribution < -0.4 is 5.32 Å². The van der Waals surface area contributed by atoms with Gasteiger partial charge in [-0.25, -0.2) is 0 Å². The SMILES string of the molecule is Cc1cnccc1CNC1CCC12CCCCC2. The maximum absolute atomic E-state index is 4.16. The van der Waals surface area contributed by atoms with Gasteiger partial charge >= 0.3 is 0 Å². The molecule has 1 aromatic rings. The smallest absolute Gasteiger partial charge is 0.0300 e. The van der Waals surface area contributed by atoms with Crippen LogP contribution in [0.4, 0.5) is 0 Å². The monoisotopic (exact) mass is 244 g/mol. The highest BCUT2D eigenvalue weighted by molar-refractivity contribution is 5.21. The Morgan fingerprint density at radius 2 is 2.11 bits per heavy atom. The first-order chi connectivity index (χ1) is 8.80. The minimum Gasteiger partial charge on any atom is -0.309 e. The van der Waals surface area contributed by atoms with Gasteiger partial charge in [-0.05, 0) is 55.2 Å².